The number of anilines is 1. The van der Waals surface area contributed by atoms with Crippen LogP contribution in [0.4, 0.5) is 5.82 Å². The molecule has 3 aromatic rings. The molecule has 0 aliphatic rings. The molecule has 0 radical (unpaired) electrons. The predicted octanol–water partition coefficient (Wildman–Crippen LogP) is 1.29. The zero-order chi connectivity index (χ0) is 23.3. The zero-order valence-corrected chi connectivity index (χ0v) is 17.7. The van der Waals surface area contributed by atoms with Gasteiger partial charge in [-0.2, -0.15) is 0 Å². The van der Waals surface area contributed by atoms with E-state index in [1.54, 1.807) is 36.4 Å². The van der Waals surface area contributed by atoms with Gasteiger partial charge < -0.3 is 15.2 Å². The van der Waals surface area contributed by atoms with Gasteiger partial charge in [0.15, 0.2) is 13.2 Å². The Labute approximate surface area is 183 Å². The van der Waals surface area contributed by atoms with Crippen molar-refractivity contribution in [1.29, 1.82) is 0 Å². The number of aromatic nitrogens is 2. The normalized spacial score (nSPS) is 10.6. The van der Waals surface area contributed by atoms with E-state index in [2.05, 4.69) is 0 Å². The summed E-state index contributed by atoms with van der Waals surface area (Å²) < 4.78 is 12.3. The van der Waals surface area contributed by atoms with Crippen molar-refractivity contribution in [3.05, 3.63) is 92.1 Å². The Morgan fingerprint density at radius 2 is 1.62 bits per heavy atom. The summed E-state index contributed by atoms with van der Waals surface area (Å²) in [4.78, 5) is 49.7. The topological polar surface area (TPSA) is 123 Å². The van der Waals surface area contributed by atoms with Crippen LogP contribution in [0.25, 0.3) is 0 Å². The minimum absolute atomic E-state index is 0.0734. The van der Waals surface area contributed by atoms with Gasteiger partial charge in [-0.05, 0) is 24.1 Å². The number of carbonyl (C=O) groups excluding carboxylic acids is 2. The van der Waals surface area contributed by atoms with Crippen LogP contribution in [-0.4, -0.2) is 34.1 Å². The van der Waals surface area contributed by atoms with Crippen LogP contribution in [0.3, 0.4) is 0 Å². The Hall–Kier alpha value is -4.14. The second-order valence-corrected chi connectivity index (χ2v) is 7.12. The number of ether oxygens (including phenoxy) is 2. The van der Waals surface area contributed by atoms with Crippen molar-refractivity contribution in [2.45, 2.75) is 13.5 Å². The molecule has 0 aliphatic heterocycles. The fraction of sp³-hybridized carbons (Fsp3) is 0.217. The number of nitrogen functional groups attached to an aromatic ring is 1. The van der Waals surface area contributed by atoms with Gasteiger partial charge in [0.2, 0.25) is 5.78 Å². The molecule has 0 fully saturated rings. The zero-order valence-electron chi connectivity index (χ0n) is 17.7. The van der Waals surface area contributed by atoms with Gasteiger partial charge in [0.25, 0.3) is 5.56 Å². The lowest BCUT2D eigenvalue weighted by atomic mass is 10.2. The standard InChI is InChI=1S/C23H23N3O6/c1-15-8-6-7-11-18(15)31-14-19(28)32-13-17(27)20-21(24)26(23(30)25(2)22(20)29)12-16-9-4-3-5-10-16/h3-11H,12-14,24H2,1-2H3. The highest BCUT2D eigenvalue weighted by Gasteiger charge is 2.23. The molecule has 0 bridgehead atoms. The van der Waals surface area contributed by atoms with Crippen molar-refractivity contribution in [3.8, 4) is 5.75 Å². The molecule has 0 atom stereocenters. The molecule has 0 saturated heterocycles. The number of aryl methyl sites for hydroxylation is 1. The van der Waals surface area contributed by atoms with E-state index in [1.807, 2.05) is 25.1 Å². The Morgan fingerprint density at radius 3 is 2.31 bits per heavy atom. The lowest BCUT2D eigenvalue weighted by Gasteiger charge is -2.15. The first kappa shape index (κ1) is 22.5. The van der Waals surface area contributed by atoms with Gasteiger partial charge in [-0.1, -0.05) is 48.5 Å². The van der Waals surface area contributed by atoms with E-state index in [9.17, 15) is 19.2 Å². The number of rotatable bonds is 8. The van der Waals surface area contributed by atoms with Crippen molar-refractivity contribution < 1.29 is 19.1 Å². The van der Waals surface area contributed by atoms with Crippen LogP contribution in [0, 0.1) is 6.92 Å². The molecule has 0 spiro atoms. The summed E-state index contributed by atoms with van der Waals surface area (Å²) in [5.74, 6) is -1.36. The molecule has 0 aliphatic carbocycles. The molecule has 1 heterocycles. The van der Waals surface area contributed by atoms with Gasteiger partial charge in [0.1, 0.15) is 17.1 Å². The minimum atomic E-state index is -0.853. The molecule has 9 nitrogen and oxygen atoms in total. The third-order valence-electron chi connectivity index (χ3n) is 4.85. The van der Waals surface area contributed by atoms with Gasteiger partial charge in [-0.25, -0.2) is 9.59 Å². The molecule has 2 aromatic carbocycles. The number of esters is 1. The monoisotopic (exact) mass is 437 g/mol. The maximum atomic E-state index is 12.7. The summed E-state index contributed by atoms with van der Waals surface area (Å²) in [5, 5.41) is 0. The average Bonchev–Trinajstić information content (AvgIpc) is 2.79. The summed E-state index contributed by atoms with van der Waals surface area (Å²) in [6, 6.07) is 16.1. The Morgan fingerprint density at radius 1 is 0.969 bits per heavy atom. The molecule has 166 valence electrons. The number of para-hydroxylation sites is 1. The molecule has 0 unspecified atom stereocenters. The first-order chi connectivity index (χ1) is 15.3. The number of hydrogen-bond donors (Lipinski definition) is 1. The Kier molecular flexibility index (Phi) is 6.89. The van der Waals surface area contributed by atoms with Crippen molar-refractivity contribution >= 4 is 17.6 Å². The van der Waals surface area contributed by atoms with E-state index in [0.717, 1.165) is 20.3 Å². The summed E-state index contributed by atoms with van der Waals surface area (Å²) in [7, 11) is 1.25. The van der Waals surface area contributed by atoms with Crippen LogP contribution in [-0.2, 0) is 23.1 Å². The fourth-order valence-electron chi connectivity index (χ4n) is 3.08. The molecular weight excluding hydrogens is 414 g/mol. The minimum Gasteiger partial charge on any atom is -0.482 e. The number of nitrogens with two attached hydrogens (primary N) is 1. The number of carbonyl (C=O) groups is 2. The van der Waals surface area contributed by atoms with Crippen LogP contribution < -0.4 is 21.7 Å². The quantitative estimate of drug-likeness (QED) is 0.416. The van der Waals surface area contributed by atoms with E-state index in [4.69, 9.17) is 15.2 Å². The number of nitrogens with zero attached hydrogens (tertiary/aromatic N) is 2. The van der Waals surface area contributed by atoms with Crippen molar-refractivity contribution in [2.24, 2.45) is 7.05 Å². The SMILES string of the molecule is Cc1ccccc1OCC(=O)OCC(=O)c1c(N)n(Cc2ccccc2)c(=O)n(C)c1=O. The molecule has 1 aromatic heterocycles. The molecular formula is C23H23N3O6. The summed E-state index contributed by atoms with van der Waals surface area (Å²) in [5.41, 5.74) is 5.71. The van der Waals surface area contributed by atoms with Crippen molar-refractivity contribution in [1.82, 2.24) is 9.13 Å². The first-order valence-electron chi connectivity index (χ1n) is 9.80. The Bertz CT molecular complexity index is 1260. The fourth-order valence-corrected chi connectivity index (χ4v) is 3.08. The van der Waals surface area contributed by atoms with Crippen LogP contribution in [0.15, 0.2) is 64.2 Å². The number of ketones is 1. The highest BCUT2D eigenvalue weighted by atomic mass is 16.6. The van der Waals surface area contributed by atoms with Crippen LogP contribution in [0.1, 0.15) is 21.5 Å². The van der Waals surface area contributed by atoms with E-state index < -0.39 is 41.8 Å². The van der Waals surface area contributed by atoms with Crippen LogP contribution >= 0.6 is 0 Å². The molecule has 3 rings (SSSR count). The second-order valence-electron chi connectivity index (χ2n) is 7.12. The summed E-state index contributed by atoms with van der Waals surface area (Å²) >= 11 is 0. The highest BCUT2D eigenvalue weighted by molar-refractivity contribution is 6.01. The summed E-state index contributed by atoms with van der Waals surface area (Å²) in [6.45, 7) is 0.787. The van der Waals surface area contributed by atoms with E-state index in [1.165, 1.54) is 7.05 Å². The van der Waals surface area contributed by atoms with E-state index in [0.29, 0.717) is 5.75 Å². The predicted molar refractivity (Wildman–Crippen MR) is 118 cm³/mol. The van der Waals surface area contributed by atoms with E-state index in [-0.39, 0.29) is 12.4 Å². The first-order valence-corrected chi connectivity index (χ1v) is 9.80. The maximum Gasteiger partial charge on any atom is 0.344 e. The highest BCUT2D eigenvalue weighted by Crippen LogP contribution is 2.16. The number of benzene rings is 2. The number of hydrogen-bond acceptors (Lipinski definition) is 7. The van der Waals surface area contributed by atoms with Gasteiger partial charge in [-0.3, -0.25) is 18.7 Å². The van der Waals surface area contributed by atoms with E-state index >= 15 is 0 Å². The van der Waals surface area contributed by atoms with Crippen LogP contribution in [0.2, 0.25) is 0 Å². The lowest BCUT2D eigenvalue weighted by molar-refractivity contribution is -0.144. The lowest BCUT2D eigenvalue weighted by Crippen LogP contribution is -2.43. The molecule has 2 N–H and O–H groups in total. The third kappa shape index (κ3) is 4.94. The average molecular weight is 437 g/mol. The molecule has 9 heteroatoms. The molecule has 32 heavy (non-hydrogen) atoms. The second kappa shape index (κ2) is 9.78. The number of Topliss-reactive ketones (excluding diaryl/α,β-unsaturated/α-hetero) is 1. The molecule has 0 saturated carbocycles. The van der Waals surface area contributed by atoms with Gasteiger partial charge in [0.05, 0.1) is 6.54 Å². The summed E-state index contributed by atoms with van der Waals surface area (Å²) in [6.07, 6.45) is 0. The Balaban J connectivity index is 1.74. The smallest absolute Gasteiger partial charge is 0.344 e. The van der Waals surface area contributed by atoms with Crippen molar-refractivity contribution in [2.75, 3.05) is 18.9 Å². The largest absolute Gasteiger partial charge is 0.482 e. The third-order valence-corrected chi connectivity index (χ3v) is 4.85. The van der Waals surface area contributed by atoms with Gasteiger partial charge in [-0.15, -0.1) is 0 Å². The van der Waals surface area contributed by atoms with Gasteiger partial charge >= 0.3 is 11.7 Å². The maximum absolute atomic E-state index is 12.7. The van der Waals surface area contributed by atoms with Crippen LogP contribution in [0.5, 0.6) is 5.75 Å². The van der Waals surface area contributed by atoms with Gasteiger partial charge in [0, 0.05) is 7.05 Å². The molecule has 0 amide bonds. The van der Waals surface area contributed by atoms with Crippen molar-refractivity contribution in [3.63, 3.8) is 0 Å².